The largest absolute Gasteiger partial charge is 0.461 e. The van der Waals surface area contributed by atoms with Crippen LogP contribution in [0.25, 0.3) is 11.6 Å². The molecule has 5 nitrogen and oxygen atoms in total. The molecule has 1 aromatic carbocycles. The number of Topliss-reactive ketones (excluding diaryl/α,β-unsaturated/α-hetero) is 1. The Labute approximate surface area is 151 Å². The van der Waals surface area contributed by atoms with E-state index in [9.17, 15) is 4.79 Å². The van der Waals surface area contributed by atoms with E-state index in [4.69, 9.17) is 4.42 Å². The smallest absolute Gasteiger partial charge is 0.200 e. The molecule has 0 aliphatic heterocycles. The van der Waals surface area contributed by atoms with Crippen molar-refractivity contribution in [3.63, 3.8) is 0 Å². The zero-order valence-electron chi connectivity index (χ0n) is 14.6. The lowest BCUT2D eigenvalue weighted by molar-refractivity contribution is 0.102. The van der Waals surface area contributed by atoms with Crippen LogP contribution in [0.2, 0.25) is 0 Å². The minimum atomic E-state index is 0.0867. The van der Waals surface area contributed by atoms with Crippen LogP contribution in [0.4, 0.5) is 0 Å². The van der Waals surface area contributed by atoms with Crippen molar-refractivity contribution in [1.82, 2.24) is 14.8 Å². The SMILES string of the molecule is Cc1ccc(C(=O)CSc2nnc(-c3ccco3)n2CC(C)C)cc1. The van der Waals surface area contributed by atoms with Crippen LogP contribution in [0.5, 0.6) is 0 Å². The summed E-state index contributed by atoms with van der Waals surface area (Å²) in [7, 11) is 0. The molecule has 0 saturated carbocycles. The maximum atomic E-state index is 12.4. The summed E-state index contributed by atoms with van der Waals surface area (Å²) < 4.78 is 7.49. The van der Waals surface area contributed by atoms with E-state index in [1.54, 1.807) is 6.26 Å². The number of hydrogen-bond donors (Lipinski definition) is 0. The standard InChI is InChI=1S/C19H21N3O2S/c1-13(2)11-22-18(17-5-4-10-24-17)20-21-19(22)25-12-16(23)15-8-6-14(3)7-9-15/h4-10,13H,11-12H2,1-3H3. The van der Waals surface area contributed by atoms with Crippen molar-refractivity contribution in [2.45, 2.75) is 32.5 Å². The molecule has 25 heavy (non-hydrogen) atoms. The van der Waals surface area contributed by atoms with Gasteiger partial charge in [-0.3, -0.25) is 9.36 Å². The Kier molecular flexibility index (Phi) is 5.38. The van der Waals surface area contributed by atoms with Crippen LogP contribution in [0.15, 0.2) is 52.2 Å². The third-order valence-corrected chi connectivity index (χ3v) is 4.68. The number of aryl methyl sites for hydroxylation is 1. The Morgan fingerprint density at radius 2 is 1.96 bits per heavy atom. The van der Waals surface area contributed by atoms with Crippen LogP contribution >= 0.6 is 11.8 Å². The van der Waals surface area contributed by atoms with Crippen LogP contribution in [0.1, 0.15) is 29.8 Å². The number of nitrogens with zero attached hydrogens (tertiary/aromatic N) is 3. The van der Waals surface area contributed by atoms with Crippen LogP contribution in [0.3, 0.4) is 0 Å². The summed E-state index contributed by atoms with van der Waals surface area (Å²) in [4.78, 5) is 12.4. The van der Waals surface area contributed by atoms with Crippen LogP contribution in [-0.4, -0.2) is 26.3 Å². The lowest BCUT2D eigenvalue weighted by atomic mass is 10.1. The number of benzene rings is 1. The lowest BCUT2D eigenvalue weighted by Gasteiger charge is -2.11. The van der Waals surface area contributed by atoms with Crippen LogP contribution < -0.4 is 0 Å². The monoisotopic (exact) mass is 355 g/mol. The summed E-state index contributed by atoms with van der Waals surface area (Å²) in [6.45, 7) is 7.05. The number of furan rings is 1. The lowest BCUT2D eigenvalue weighted by Crippen LogP contribution is -2.09. The van der Waals surface area contributed by atoms with Crippen molar-refractivity contribution in [2.24, 2.45) is 5.92 Å². The van der Waals surface area contributed by atoms with Crippen molar-refractivity contribution in [1.29, 1.82) is 0 Å². The van der Waals surface area contributed by atoms with Gasteiger partial charge in [-0.1, -0.05) is 55.4 Å². The van der Waals surface area contributed by atoms with E-state index in [1.165, 1.54) is 11.8 Å². The molecule has 0 aliphatic rings. The first-order valence-electron chi connectivity index (χ1n) is 8.24. The van der Waals surface area contributed by atoms with Crippen LogP contribution in [-0.2, 0) is 6.54 Å². The summed E-state index contributed by atoms with van der Waals surface area (Å²) >= 11 is 1.41. The van der Waals surface area contributed by atoms with E-state index in [2.05, 4.69) is 24.0 Å². The minimum absolute atomic E-state index is 0.0867. The van der Waals surface area contributed by atoms with Gasteiger partial charge in [0.25, 0.3) is 0 Å². The van der Waals surface area contributed by atoms with Gasteiger partial charge in [0, 0.05) is 12.1 Å². The Morgan fingerprint density at radius 3 is 2.60 bits per heavy atom. The number of thioether (sulfide) groups is 1. The predicted molar refractivity (Wildman–Crippen MR) is 98.8 cm³/mol. The number of carbonyl (C=O) groups is 1. The van der Waals surface area contributed by atoms with Gasteiger partial charge in [0.2, 0.25) is 0 Å². The highest BCUT2D eigenvalue weighted by Crippen LogP contribution is 2.26. The van der Waals surface area contributed by atoms with Gasteiger partial charge in [-0.05, 0) is 25.0 Å². The second-order valence-corrected chi connectivity index (χ2v) is 7.31. The number of ketones is 1. The first kappa shape index (κ1) is 17.5. The molecule has 0 unspecified atom stereocenters. The normalized spacial score (nSPS) is 11.2. The minimum Gasteiger partial charge on any atom is -0.461 e. The summed E-state index contributed by atoms with van der Waals surface area (Å²) in [5.74, 6) is 2.23. The van der Waals surface area contributed by atoms with Gasteiger partial charge in [0.1, 0.15) is 0 Å². The molecular formula is C19H21N3O2S. The molecule has 0 radical (unpaired) electrons. The van der Waals surface area contributed by atoms with Gasteiger partial charge in [0.15, 0.2) is 22.5 Å². The fourth-order valence-electron chi connectivity index (χ4n) is 2.47. The zero-order chi connectivity index (χ0) is 17.8. The van der Waals surface area contributed by atoms with Crippen molar-refractivity contribution in [3.8, 4) is 11.6 Å². The van der Waals surface area contributed by atoms with Crippen LogP contribution in [0, 0.1) is 12.8 Å². The fourth-order valence-corrected chi connectivity index (χ4v) is 3.31. The van der Waals surface area contributed by atoms with E-state index < -0.39 is 0 Å². The number of carbonyl (C=O) groups excluding carboxylic acids is 1. The van der Waals surface area contributed by atoms with Crippen molar-refractivity contribution in [3.05, 3.63) is 53.8 Å². The molecule has 0 bridgehead atoms. The van der Waals surface area contributed by atoms with E-state index in [0.29, 0.717) is 23.3 Å². The molecule has 3 rings (SSSR count). The third-order valence-electron chi connectivity index (χ3n) is 3.71. The summed E-state index contributed by atoms with van der Waals surface area (Å²) in [5.41, 5.74) is 1.86. The molecule has 2 heterocycles. The molecule has 6 heteroatoms. The summed E-state index contributed by atoms with van der Waals surface area (Å²) in [6.07, 6.45) is 1.62. The highest BCUT2D eigenvalue weighted by atomic mass is 32.2. The maximum Gasteiger partial charge on any atom is 0.200 e. The quantitative estimate of drug-likeness (QED) is 0.462. The second kappa shape index (κ2) is 7.70. The maximum absolute atomic E-state index is 12.4. The molecule has 130 valence electrons. The summed E-state index contributed by atoms with van der Waals surface area (Å²) in [6, 6.07) is 11.3. The van der Waals surface area contributed by atoms with Crippen molar-refractivity contribution in [2.75, 3.05) is 5.75 Å². The topological polar surface area (TPSA) is 60.9 Å². The Balaban J connectivity index is 1.77. The van der Waals surface area contributed by atoms with Gasteiger partial charge in [-0.25, -0.2) is 0 Å². The predicted octanol–water partition coefficient (Wildman–Crippen LogP) is 4.48. The fraction of sp³-hybridized carbons (Fsp3) is 0.316. The number of hydrogen-bond acceptors (Lipinski definition) is 5. The van der Waals surface area contributed by atoms with Gasteiger partial charge in [0.05, 0.1) is 12.0 Å². The highest BCUT2D eigenvalue weighted by molar-refractivity contribution is 7.99. The molecular weight excluding hydrogens is 334 g/mol. The third kappa shape index (κ3) is 4.20. The average Bonchev–Trinajstić information content (AvgIpc) is 3.22. The van der Waals surface area contributed by atoms with Gasteiger partial charge in [-0.2, -0.15) is 0 Å². The second-order valence-electron chi connectivity index (χ2n) is 6.37. The molecule has 0 amide bonds. The molecule has 0 aliphatic carbocycles. The zero-order valence-corrected chi connectivity index (χ0v) is 15.4. The first-order chi connectivity index (χ1) is 12.0. The van der Waals surface area contributed by atoms with E-state index in [-0.39, 0.29) is 5.78 Å². The Bertz CT molecular complexity index is 836. The Morgan fingerprint density at radius 1 is 1.20 bits per heavy atom. The number of rotatable bonds is 7. The van der Waals surface area contributed by atoms with Gasteiger partial charge in [-0.15, -0.1) is 10.2 Å². The Hall–Kier alpha value is -2.34. The van der Waals surface area contributed by atoms with E-state index in [0.717, 1.165) is 22.8 Å². The molecule has 2 aromatic heterocycles. The highest BCUT2D eigenvalue weighted by Gasteiger charge is 2.18. The summed E-state index contributed by atoms with van der Waals surface area (Å²) in [5, 5.41) is 9.27. The molecule has 0 atom stereocenters. The molecule has 0 N–H and O–H groups in total. The van der Waals surface area contributed by atoms with Gasteiger partial charge >= 0.3 is 0 Å². The molecule has 0 saturated heterocycles. The number of aromatic nitrogens is 3. The van der Waals surface area contributed by atoms with E-state index in [1.807, 2.05) is 47.9 Å². The van der Waals surface area contributed by atoms with E-state index >= 15 is 0 Å². The molecule has 0 spiro atoms. The molecule has 3 aromatic rings. The molecule has 0 fully saturated rings. The van der Waals surface area contributed by atoms with Gasteiger partial charge < -0.3 is 4.42 Å². The van der Waals surface area contributed by atoms with Crippen molar-refractivity contribution < 1.29 is 9.21 Å². The first-order valence-corrected chi connectivity index (χ1v) is 9.23. The average molecular weight is 355 g/mol. The van der Waals surface area contributed by atoms with Crippen molar-refractivity contribution >= 4 is 17.5 Å².